The maximum Gasteiger partial charge on any atom is 0.259 e. The van der Waals surface area contributed by atoms with Gasteiger partial charge in [0.2, 0.25) is 0 Å². The molecule has 0 aliphatic carbocycles. The lowest BCUT2D eigenvalue weighted by Gasteiger charge is -2.21. The summed E-state index contributed by atoms with van der Waals surface area (Å²) in [6.07, 6.45) is 1.25. The van der Waals surface area contributed by atoms with Gasteiger partial charge >= 0.3 is 0 Å². The number of thioether (sulfide) groups is 2. The van der Waals surface area contributed by atoms with Crippen LogP contribution in [-0.4, -0.2) is 22.6 Å². The van der Waals surface area contributed by atoms with Crippen LogP contribution in [0.2, 0.25) is 0 Å². The first-order valence-corrected chi connectivity index (χ1v) is 13.4. The molecule has 0 bridgehead atoms. The minimum Gasteiger partial charge on any atom is -0.488 e. The van der Waals surface area contributed by atoms with Gasteiger partial charge in [-0.1, -0.05) is 41.6 Å². The number of anilines is 1. The maximum absolute atomic E-state index is 13.4. The van der Waals surface area contributed by atoms with Crippen molar-refractivity contribution >= 4 is 45.9 Å². The Morgan fingerprint density at radius 2 is 1.82 bits per heavy atom. The summed E-state index contributed by atoms with van der Waals surface area (Å²) in [5.41, 5.74) is 4.21. The Hall–Kier alpha value is -2.90. The van der Waals surface area contributed by atoms with Crippen LogP contribution in [0.15, 0.2) is 65.2 Å². The van der Waals surface area contributed by atoms with E-state index >= 15 is 0 Å². The molecule has 1 aromatic heterocycles. The molecule has 0 spiro atoms. The summed E-state index contributed by atoms with van der Waals surface area (Å²) < 4.78 is 11.8. The highest BCUT2D eigenvalue weighted by Crippen LogP contribution is 2.44. The van der Waals surface area contributed by atoms with Crippen LogP contribution in [0, 0.1) is 13.8 Å². The summed E-state index contributed by atoms with van der Waals surface area (Å²) in [5.74, 6) is 3.42. The third-order valence-corrected chi connectivity index (χ3v) is 8.90. The van der Waals surface area contributed by atoms with E-state index in [1.165, 1.54) is 23.5 Å². The van der Waals surface area contributed by atoms with E-state index in [1.807, 2.05) is 85.9 Å². The van der Waals surface area contributed by atoms with E-state index in [0.29, 0.717) is 15.9 Å². The van der Waals surface area contributed by atoms with E-state index in [2.05, 4.69) is 22.6 Å². The first-order chi connectivity index (χ1) is 16.6. The number of hydrogen-bond donors (Lipinski definition) is 1. The first kappa shape index (κ1) is 22.9. The fourth-order valence-electron chi connectivity index (χ4n) is 4.02. The van der Waals surface area contributed by atoms with Crippen LogP contribution in [0.25, 0.3) is 10.8 Å². The smallest absolute Gasteiger partial charge is 0.259 e. The molecule has 1 aliphatic rings. The Labute approximate surface area is 207 Å². The van der Waals surface area contributed by atoms with Crippen molar-refractivity contribution in [3.63, 3.8) is 0 Å². The van der Waals surface area contributed by atoms with Crippen LogP contribution in [-0.2, 0) is 6.61 Å². The highest BCUT2D eigenvalue weighted by molar-refractivity contribution is 8.16. The zero-order chi connectivity index (χ0) is 23.5. The van der Waals surface area contributed by atoms with Gasteiger partial charge in [0.05, 0.1) is 21.4 Å². The molecule has 1 N–H and O–H groups in total. The molecule has 0 radical (unpaired) electrons. The molecule has 34 heavy (non-hydrogen) atoms. The van der Waals surface area contributed by atoms with Crippen molar-refractivity contribution in [1.29, 1.82) is 0 Å². The zero-order valence-corrected chi connectivity index (χ0v) is 20.8. The summed E-state index contributed by atoms with van der Waals surface area (Å²) in [5, 5.41) is 9.09. The Balaban J connectivity index is 1.42. The number of aromatic nitrogens is 1. The predicted octanol–water partition coefficient (Wildman–Crippen LogP) is 7.14. The molecule has 0 saturated carbocycles. The Kier molecular flexibility index (Phi) is 6.83. The van der Waals surface area contributed by atoms with Crippen LogP contribution >= 0.6 is 23.5 Å². The van der Waals surface area contributed by atoms with Gasteiger partial charge in [-0.25, -0.2) is 0 Å². The summed E-state index contributed by atoms with van der Waals surface area (Å²) in [6, 6.07) is 20.0. The fourth-order valence-corrected chi connectivity index (χ4v) is 6.89. The van der Waals surface area contributed by atoms with Crippen LogP contribution in [0.4, 0.5) is 5.69 Å². The van der Waals surface area contributed by atoms with Gasteiger partial charge in [0, 0.05) is 5.69 Å². The number of hydrogen-bond acceptors (Lipinski definition) is 6. The lowest BCUT2D eigenvalue weighted by Crippen LogP contribution is -2.14. The molecule has 174 valence electrons. The summed E-state index contributed by atoms with van der Waals surface area (Å²) in [7, 11) is 0. The number of ether oxygens (including phenoxy) is 1. The van der Waals surface area contributed by atoms with Crippen LogP contribution in [0.1, 0.15) is 43.9 Å². The van der Waals surface area contributed by atoms with Crippen molar-refractivity contribution in [2.75, 3.05) is 16.8 Å². The van der Waals surface area contributed by atoms with Gasteiger partial charge in [-0.3, -0.25) is 4.79 Å². The molecule has 1 amide bonds. The lowest BCUT2D eigenvalue weighted by atomic mass is 10.0. The van der Waals surface area contributed by atoms with Crippen molar-refractivity contribution in [1.82, 2.24) is 5.16 Å². The van der Waals surface area contributed by atoms with Gasteiger partial charge in [-0.15, -0.1) is 23.5 Å². The molecule has 5 rings (SSSR count). The summed E-state index contributed by atoms with van der Waals surface area (Å²) in [6.45, 7) is 4.03. The number of nitrogens with zero attached hydrogens (tertiary/aromatic N) is 1. The monoisotopic (exact) mass is 490 g/mol. The minimum atomic E-state index is -0.194. The van der Waals surface area contributed by atoms with E-state index in [-0.39, 0.29) is 12.5 Å². The average molecular weight is 491 g/mol. The maximum atomic E-state index is 13.4. The van der Waals surface area contributed by atoms with E-state index in [0.717, 1.165) is 33.5 Å². The number of rotatable bonds is 6. The van der Waals surface area contributed by atoms with Crippen molar-refractivity contribution in [3.05, 3.63) is 88.8 Å². The second kappa shape index (κ2) is 10.2. The van der Waals surface area contributed by atoms with Gasteiger partial charge in [0.15, 0.2) is 0 Å². The number of carbonyl (C=O) groups excluding carboxylic acids is 1. The lowest BCUT2D eigenvalue weighted by molar-refractivity contribution is 0.102. The molecule has 0 atom stereocenters. The van der Waals surface area contributed by atoms with E-state index in [4.69, 9.17) is 9.26 Å². The third kappa shape index (κ3) is 4.95. The standard InChI is InChI=1S/C27H26N2O3S2/c1-17-24(18(2)32-29-17)16-31-25-15-20-8-4-3-7-19(20)14-23(25)26(30)28-22-10-5-9-21(13-22)27-33-11-6-12-34-27/h3-5,7-10,13-15,27H,6,11-12,16H2,1-2H3,(H,28,30). The Bertz CT molecular complexity index is 1310. The van der Waals surface area contributed by atoms with Crippen molar-refractivity contribution in [2.24, 2.45) is 0 Å². The summed E-state index contributed by atoms with van der Waals surface area (Å²) in [4.78, 5) is 13.4. The Morgan fingerprint density at radius 3 is 2.56 bits per heavy atom. The van der Waals surface area contributed by atoms with E-state index < -0.39 is 0 Å². The molecular weight excluding hydrogens is 464 g/mol. The number of nitrogens with one attached hydrogen (secondary N) is 1. The summed E-state index contributed by atoms with van der Waals surface area (Å²) >= 11 is 3.94. The Morgan fingerprint density at radius 1 is 1.06 bits per heavy atom. The zero-order valence-electron chi connectivity index (χ0n) is 19.2. The molecule has 3 aromatic carbocycles. The third-order valence-electron chi connectivity index (χ3n) is 5.89. The minimum absolute atomic E-state index is 0.194. The molecule has 1 aliphatic heterocycles. The number of aryl methyl sites for hydroxylation is 2. The van der Waals surface area contributed by atoms with Crippen molar-refractivity contribution < 1.29 is 14.1 Å². The van der Waals surface area contributed by atoms with Gasteiger partial charge in [-0.2, -0.15) is 0 Å². The second-order valence-electron chi connectivity index (χ2n) is 8.29. The highest BCUT2D eigenvalue weighted by atomic mass is 32.2. The number of carbonyl (C=O) groups is 1. The number of amides is 1. The molecule has 5 nitrogen and oxygen atoms in total. The normalized spacial score (nSPS) is 14.3. The first-order valence-electron chi connectivity index (χ1n) is 11.3. The molecule has 7 heteroatoms. The van der Waals surface area contributed by atoms with Gasteiger partial charge in [0.25, 0.3) is 5.91 Å². The molecule has 2 heterocycles. The van der Waals surface area contributed by atoms with Crippen LogP contribution in [0.5, 0.6) is 5.75 Å². The SMILES string of the molecule is Cc1noc(C)c1COc1cc2ccccc2cc1C(=O)Nc1cccc(C2SCCCS2)c1. The van der Waals surface area contributed by atoms with Gasteiger partial charge < -0.3 is 14.6 Å². The molecular formula is C27H26N2O3S2. The van der Waals surface area contributed by atoms with Crippen LogP contribution < -0.4 is 10.1 Å². The molecule has 1 saturated heterocycles. The van der Waals surface area contributed by atoms with E-state index in [9.17, 15) is 4.79 Å². The number of benzene rings is 3. The van der Waals surface area contributed by atoms with Gasteiger partial charge in [-0.05, 0) is 72.4 Å². The number of fused-ring (bicyclic) bond motifs is 1. The topological polar surface area (TPSA) is 64.4 Å². The van der Waals surface area contributed by atoms with Gasteiger partial charge in [0.1, 0.15) is 18.1 Å². The average Bonchev–Trinajstić information content (AvgIpc) is 3.19. The quantitative estimate of drug-likeness (QED) is 0.310. The second-order valence-corrected chi connectivity index (χ2v) is 11.0. The van der Waals surface area contributed by atoms with Crippen molar-refractivity contribution in [2.45, 2.75) is 31.5 Å². The molecule has 0 unspecified atom stereocenters. The molecule has 4 aromatic rings. The van der Waals surface area contributed by atoms with Crippen LogP contribution in [0.3, 0.4) is 0 Å². The fraction of sp³-hybridized carbons (Fsp3) is 0.259. The predicted molar refractivity (Wildman–Crippen MR) is 141 cm³/mol. The largest absolute Gasteiger partial charge is 0.488 e. The van der Waals surface area contributed by atoms with E-state index in [1.54, 1.807) is 0 Å². The van der Waals surface area contributed by atoms with Crippen molar-refractivity contribution in [3.8, 4) is 5.75 Å². The highest BCUT2D eigenvalue weighted by Gasteiger charge is 2.19. The molecule has 1 fully saturated rings.